The quantitative estimate of drug-likeness (QED) is 0.546. The highest BCUT2D eigenvalue weighted by atomic mass is 16.4. The van der Waals surface area contributed by atoms with Crippen molar-refractivity contribution in [2.45, 2.75) is 25.5 Å². The summed E-state index contributed by atoms with van der Waals surface area (Å²) in [5.41, 5.74) is 1.83. The molecule has 1 saturated heterocycles. The maximum absolute atomic E-state index is 12.1. The summed E-state index contributed by atoms with van der Waals surface area (Å²) in [6.45, 7) is 1.54. The first-order valence-corrected chi connectivity index (χ1v) is 7.24. The molecule has 1 aromatic rings. The Morgan fingerprint density at radius 2 is 2.04 bits per heavy atom. The first-order chi connectivity index (χ1) is 11.0. The number of aliphatic carboxylic acids is 1. The summed E-state index contributed by atoms with van der Waals surface area (Å²) in [5, 5.41) is 21.7. The third-order valence-electron chi connectivity index (χ3n) is 4.39. The van der Waals surface area contributed by atoms with Crippen molar-refractivity contribution in [2.75, 3.05) is 5.32 Å². The van der Waals surface area contributed by atoms with Gasteiger partial charge in [0.25, 0.3) is 0 Å². The van der Waals surface area contributed by atoms with E-state index in [0.717, 1.165) is 0 Å². The number of anilines is 1. The molecule has 2 aliphatic rings. The molecule has 3 N–H and O–H groups in total. The first kappa shape index (κ1) is 15.2. The van der Waals surface area contributed by atoms with Crippen LogP contribution in [0, 0.1) is 5.92 Å². The standard InChI is InChI=1S/C16H16N2O5/c1-8(20)13-12-6-11(14(16(22)23)18(12)15(13)21)9-2-4-10(5-3-9)17-7-19/h2-5,7-8,12-13,20H,6H2,1H3,(H,17,19)(H,22,23)/t8-,12-,13-/m1/s1. The van der Waals surface area contributed by atoms with Crippen molar-refractivity contribution in [2.24, 2.45) is 5.92 Å². The van der Waals surface area contributed by atoms with Gasteiger partial charge in [-0.2, -0.15) is 0 Å². The van der Waals surface area contributed by atoms with Gasteiger partial charge in [-0.25, -0.2) is 4.79 Å². The van der Waals surface area contributed by atoms with Crippen LogP contribution in [0.25, 0.3) is 5.57 Å². The highest BCUT2D eigenvalue weighted by Gasteiger charge is 2.56. The molecule has 7 nitrogen and oxygen atoms in total. The SMILES string of the molecule is C[C@@H](O)[C@H]1C(=O)N2C(C(=O)O)=C(c3ccc(NC=O)cc3)C[C@H]12. The summed E-state index contributed by atoms with van der Waals surface area (Å²) in [6, 6.07) is 6.44. The number of hydrogen-bond donors (Lipinski definition) is 3. The van der Waals surface area contributed by atoms with Crippen molar-refractivity contribution in [3.05, 3.63) is 35.5 Å². The van der Waals surface area contributed by atoms with Crippen LogP contribution in [0.3, 0.4) is 0 Å². The van der Waals surface area contributed by atoms with Crippen LogP contribution < -0.4 is 5.32 Å². The number of carbonyl (C=O) groups is 3. The molecular weight excluding hydrogens is 300 g/mol. The van der Waals surface area contributed by atoms with Crippen LogP contribution in [-0.2, 0) is 14.4 Å². The topological polar surface area (TPSA) is 107 Å². The molecule has 0 bridgehead atoms. The minimum absolute atomic E-state index is 0.0204. The summed E-state index contributed by atoms with van der Waals surface area (Å²) in [7, 11) is 0. The molecule has 3 rings (SSSR count). The van der Waals surface area contributed by atoms with Gasteiger partial charge in [0.05, 0.1) is 18.1 Å². The predicted octanol–water partition coefficient (Wildman–Crippen LogP) is 0.662. The van der Waals surface area contributed by atoms with Crippen LogP contribution in [0.4, 0.5) is 5.69 Å². The minimum atomic E-state index is -1.16. The number of aliphatic hydroxyl groups excluding tert-OH is 1. The molecule has 2 heterocycles. The van der Waals surface area contributed by atoms with E-state index in [2.05, 4.69) is 5.32 Å². The average molecular weight is 316 g/mol. The van der Waals surface area contributed by atoms with Gasteiger partial charge in [-0.3, -0.25) is 9.59 Å². The molecule has 0 aromatic heterocycles. The Bertz CT molecular complexity index is 708. The number of nitrogens with one attached hydrogen (secondary N) is 1. The largest absolute Gasteiger partial charge is 0.477 e. The molecule has 1 aromatic carbocycles. The lowest BCUT2D eigenvalue weighted by Gasteiger charge is -2.44. The fraction of sp³-hybridized carbons (Fsp3) is 0.312. The maximum Gasteiger partial charge on any atom is 0.352 e. The van der Waals surface area contributed by atoms with E-state index in [4.69, 9.17) is 0 Å². The van der Waals surface area contributed by atoms with E-state index in [9.17, 15) is 24.6 Å². The van der Waals surface area contributed by atoms with Gasteiger partial charge in [-0.1, -0.05) is 12.1 Å². The molecule has 23 heavy (non-hydrogen) atoms. The third kappa shape index (κ3) is 2.29. The average Bonchev–Trinajstić information content (AvgIpc) is 2.83. The Morgan fingerprint density at radius 1 is 1.39 bits per heavy atom. The maximum atomic E-state index is 12.1. The van der Waals surface area contributed by atoms with Crippen molar-refractivity contribution in [1.29, 1.82) is 0 Å². The number of benzene rings is 1. The van der Waals surface area contributed by atoms with E-state index in [0.29, 0.717) is 29.7 Å². The number of carboxylic acids is 1. The molecule has 3 atom stereocenters. The van der Waals surface area contributed by atoms with E-state index in [1.54, 1.807) is 24.3 Å². The van der Waals surface area contributed by atoms with Gasteiger partial charge in [0.15, 0.2) is 0 Å². The van der Waals surface area contributed by atoms with Crippen molar-refractivity contribution < 1.29 is 24.6 Å². The van der Waals surface area contributed by atoms with E-state index in [-0.39, 0.29) is 17.6 Å². The molecule has 7 heteroatoms. The lowest BCUT2D eigenvalue weighted by Crippen LogP contribution is -2.61. The van der Waals surface area contributed by atoms with Crippen molar-refractivity contribution in [3.63, 3.8) is 0 Å². The molecule has 2 aliphatic heterocycles. The molecule has 0 radical (unpaired) electrons. The van der Waals surface area contributed by atoms with Crippen LogP contribution in [0.15, 0.2) is 30.0 Å². The number of amides is 2. The Hall–Kier alpha value is -2.67. The van der Waals surface area contributed by atoms with E-state index in [1.165, 1.54) is 11.8 Å². The van der Waals surface area contributed by atoms with Gasteiger partial charge in [0.1, 0.15) is 5.70 Å². The highest BCUT2D eigenvalue weighted by molar-refractivity contribution is 6.06. The number of β-lactam (4-membered cyclic amide) rings is 1. The first-order valence-electron chi connectivity index (χ1n) is 7.24. The Labute approximate surface area is 132 Å². The number of carboxylic acid groups (broad SMARTS) is 1. The highest BCUT2D eigenvalue weighted by Crippen LogP contribution is 2.46. The number of carbonyl (C=O) groups excluding carboxylic acids is 2. The Balaban J connectivity index is 1.96. The van der Waals surface area contributed by atoms with Gasteiger partial charge in [-0.05, 0) is 36.6 Å². The number of aliphatic hydroxyl groups is 1. The predicted molar refractivity (Wildman–Crippen MR) is 81.1 cm³/mol. The summed E-state index contributed by atoms with van der Waals surface area (Å²) < 4.78 is 0. The number of hydrogen-bond acceptors (Lipinski definition) is 4. The van der Waals surface area contributed by atoms with Gasteiger partial charge >= 0.3 is 5.97 Å². The van der Waals surface area contributed by atoms with Crippen LogP contribution in [0.5, 0.6) is 0 Å². The lowest BCUT2D eigenvalue weighted by molar-refractivity contribution is -0.161. The molecule has 120 valence electrons. The minimum Gasteiger partial charge on any atom is -0.477 e. The number of nitrogens with zero attached hydrogens (tertiary/aromatic N) is 1. The van der Waals surface area contributed by atoms with Crippen molar-refractivity contribution in [3.8, 4) is 0 Å². The Kier molecular flexibility index (Phi) is 3.65. The van der Waals surface area contributed by atoms with Crippen LogP contribution in [-0.4, -0.2) is 45.5 Å². The van der Waals surface area contributed by atoms with E-state index < -0.39 is 18.0 Å². The van der Waals surface area contributed by atoms with Crippen molar-refractivity contribution in [1.82, 2.24) is 4.90 Å². The zero-order chi connectivity index (χ0) is 16.7. The fourth-order valence-electron chi connectivity index (χ4n) is 3.36. The second-order valence-corrected chi connectivity index (χ2v) is 5.72. The van der Waals surface area contributed by atoms with E-state index >= 15 is 0 Å². The summed E-state index contributed by atoms with van der Waals surface area (Å²) in [6.07, 6.45) is 0.144. The summed E-state index contributed by atoms with van der Waals surface area (Å²) >= 11 is 0. The monoisotopic (exact) mass is 316 g/mol. The second-order valence-electron chi connectivity index (χ2n) is 5.72. The molecule has 0 saturated carbocycles. The van der Waals surface area contributed by atoms with Gasteiger partial charge < -0.3 is 20.4 Å². The van der Waals surface area contributed by atoms with E-state index in [1.807, 2.05) is 0 Å². The zero-order valence-electron chi connectivity index (χ0n) is 12.4. The van der Waals surface area contributed by atoms with Crippen LogP contribution in [0.2, 0.25) is 0 Å². The molecule has 0 unspecified atom stereocenters. The molecule has 2 amide bonds. The molecule has 1 fully saturated rings. The molecular formula is C16H16N2O5. The Morgan fingerprint density at radius 3 is 2.57 bits per heavy atom. The van der Waals surface area contributed by atoms with Gasteiger partial charge in [0, 0.05) is 5.69 Å². The fourth-order valence-corrected chi connectivity index (χ4v) is 3.36. The van der Waals surface area contributed by atoms with Crippen LogP contribution >= 0.6 is 0 Å². The van der Waals surface area contributed by atoms with Crippen molar-refractivity contribution >= 4 is 29.5 Å². The van der Waals surface area contributed by atoms with Gasteiger partial charge in [0.2, 0.25) is 12.3 Å². The molecule has 0 spiro atoms. The smallest absolute Gasteiger partial charge is 0.352 e. The lowest BCUT2D eigenvalue weighted by atomic mass is 9.82. The van der Waals surface area contributed by atoms with Gasteiger partial charge in [-0.15, -0.1) is 0 Å². The normalized spacial score (nSPS) is 24.1. The summed E-state index contributed by atoms with van der Waals surface area (Å²) in [4.78, 5) is 35.4. The number of fused-ring (bicyclic) bond motifs is 1. The third-order valence-corrected chi connectivity index (χ3v) is 4.39. The van der Waals surface area contributed by atoms with Crippen LogP contribution in [0.1, 0.15) is 18.9 Å². The zero-order valence-corrected chi connectivity index (χ0v) is 12.4. The number of rotatable bonds is 5. The second kappa shape index (κ2) is 5.51. The molecule has 0 aliphatic carbocycles. The summed E-state index contributed by atoms with van der Waals surface area (Å²) in [5.74, 6) is -2.07.